The summed E-state index contributed by atoms with van der Waals surface area (Å²) in [5.74, 6) is -0.0212. The van der Waals surface area contributed by atoms with Crippen LogP contribution in [0.3, 0.4) is 0 Å². The SMILES string of the molecule is CC(=O)NCc1cccc([C@H]2CCCN2Cc2ccsc2)n1. The number of amides is 1. The second kappa shape index (κ2) is 7.03. The van der Waals surface area contributed by atoms with Gasteiger partial charge in [0.05, 0.1) is 24.0 Å². The fourth-order valence-corrected chi connectivity index (χ4v) is 3.62. The van der Waals surface area contributed by atoms with Gasteiger partial charge in [0, 0.05) is 13.5 Å². The van der Waals surface area contributed by atoms with Gasteiger partial charge in [-0.25, -0.2) is 0 Å². The summed E-state index contributed by atoms with van der Waals surface area (Å²) in [6, 6.07) is 8.70. The highest BCUT2D eigenvalue weighted by atomic mass is 32.1. The lowest BCUT2D eigenvalue weighted by Crippen LogP contribution is -2.24. The van der Waals surface area contributed by atoms with Crippen LogP contribution in [0.4, 0.5) is 0 Å². The summed E-state index contributed by atoms with van der Waals surface area (Å²) in [6.07, 6.45) is 2.37. The molecule has 116 valence electrons. The smallest absolute Gasteiger partial charge is 0.217 e. The standard InChI is InChI=1S/C17H21N3OS/c1-13(21)18-10-15-4-2-5-16(19-15)17-6-3-8-20(17)11-14-7-9-22-12-14/h2,4-5,7,9,12,17H,3,6,8,10-11H2,1H3,(H,18,21)/t17-/m1/s1. The first-order valence-electron chi connectivity index (χ1n) is 7.68. The summed E-state index contributed by atoms with van der Waals surface area (Å²) in [6.45, 7) is 4.15. The predicted octanol–water partition coefficient (Wildman–Crippen LogP) is 3.12. The minimum atomic E-state index is -0.0212. The van der Waals surface area contributed by atoms with Crippen molar-refractivity contribution in [2.45, 2.75) is 38.9 Å². The summed E-state index contributed by atoms with van der Waals surface area (Å²) in [5, 5.41) is 7.16. The Bertz CT molecular complexity index is 627. The van der Waals surface area contributed by atoms with Crippen LogP contribution in [0.1, 0.15) is 42.8 Å². The van der Waals surface area contributed by atoms with E-state index in [9.17, 15) is 4.79 Å². The van der Waals surface area contributed by atoms with Crippen LogP contribution in [-0.2, 0) is 17.9 Å². The van der Waals surface area contributed by atoms with E-state index in [0.29, 0.717) is 12.6 Å². The summed E-state index contributed by atoms with van der Waals surface area (Å²) in [5.41, 5.74) is 3.43. The zero-order valence-electron chi connectivity index (χ0n) is 12.8. The van der Waals surface area contributed by atoms with Crippen LogP contribution in [0.2, 0.25) is 0 Å². The molecule has 0 spiro atoms. The molecule has 1 aliphatic rings. The lowest BCUT2D eigenvalue weighted by molar-refractivity contribution is -0.119. The van der Waals surface area contributed by atoms with Crippen LogP contribution in [0.15, 0.2) is 35.0 Å². The summed E-state index contributed by atoms with van der Waals surface area (Å²) in [4.78, 5) is 18.3. The zero-order valence-corrected chi connectivity index (χ0v) is 13.6. The normalized spacial score (nSPS) is 18.5. The van der Waals surface area contributed by atoms with Gasteiger partial charge < -0.3 is 5.32 Å². The zero-order chi connectivity index (χ0) is 15.4. The average molecular weight is 315 g/mol. The second-order valence-electron chi connectivity index (χ2n) is 5.72. The van der Waals surface area contributed by atoms with Crippen LogP contribution in [0, 0.1) is 0 Å². The molecule has 1 saturated heterocycles. The van der Waals surface area contributed by atoms with Crippen molar-refractivity contribution < 1.29 is 4.79 Å². The van der Waals surface area contributed by atoms with Crippen LogP contribution in [-0.4, -0.2) is 22.3 Å². The Morgan fingerprint density at radius 3 is 3.14 bits per heavy atom. The van der Waals surface area contributed by atoms with E-state index < -0.39 is 0 Å². The third-order valence-corrected chi connectivity index (χ3v) is 4.75. The molecule has 2 aromatic rings. The van der Waals surface area contributed by atoms with E-state index in [0.717, 1.165) is 30.9 Å². The van der Waals surface area contributed by atoms with E-state index in [1.165, 1.54) is 18.9 Å². The molecule has 1 atom stereocenters. The predicted molar refractivity (Wildman–Crippen MR) is 88.5 cm³/mol. The van der Waals surface area contributed by atoms with Crippen molar-refractivity contribution >= 4 is 17.2 Å². The number of pyridine rings is 1. The van der Waals surface area contributed by atoms with Gasteiger partial charge in [-0.2, -0.15) is 11.3 Å². The van der Waals surface area contributed by atoms with E-state index >= 15 is 0 Å². The Morgan fingerprint density at radius 1 is 1.45 bits per heavy atom. The number of likely N-dealkylation sites (tertiary alicyclic amines) is 1. The van der Waals surface area contributed by atoms with Crippen molar-refractivity contribution in [3.63, 3.8) is 0 Å². The molecule has 1 amide bonds. The van der Waals surface area contributed by atoms with Gasteiger partial charge in [-0.3, -0.25) is 14.7 Å². The molecule has 0 radical (unpaired) electrons. The fourth-order valence-electron chi connectivity index (χ4n) is 2.96. The number of aromatic nitrogens is 1. The fraction of sp³-hybridized carbons (Fsp3) is 0.412. The Kier molecular flexibility index (Phi) is 4.85. The first-order valence-corrected chi connectivity index (χ1v) is 8.62. The quantitative estimate of drug-likeness (QED) is 0.922. The molecule has 1 N–H and O–H groups in total. The van der Waals surface area contributed by atoms with Gasteiger partial charge >= 0.3 is 0 Å². The van der Waals surface area contributed by atoms with Gasteiger partial charge in [-0.1, -0.05) is 6.07 Å². The summed E-state index contributed by atoms with van der Waals surface area (Å²) >= 11 is 1.75. The second-order valence-corrected chi connectivity index (χ2v) is 6.50. The average Bonchev–Trinajstić information content (AvgIpc) is 3.18. The number of nitrogens with one attached hydrogen (secondary N) is 1. The summed E-state index contributed by atoms with van der Waals surface area (Å²) < 4.78 is 0. The lowest BCUT2D eigenvalue weighted by atomic mass is 10.1. The van der Waals surface area contributed by atoms with Crippen molar-refractivity contribution in [3.8, 4) is 0 Å². The van der Waals surface area contributed by atoms with Crippen molar-refractivity contribution in [1.82, 2.24) is 15.2 Å². The molecule has 0 aromatic carbocycles. The maximum absolute atomic E-state index is 11.0. The molecule has 0 saturated carbocycles. The van der Waals surface area contributed by atoms with E-state index in [1.54, 1.807) is 11.3 Å². The Balaban J connectivity index is 1.71. The van der Waals surface area contributed by atoms with Crippen LogP contribution >= 0.6 is 11.3 Å². The molecule has 3 heterocycles. The topological polar surface area (TPSA) is 45.2 Å². The number of nitrogens with zero attached hydrogens (tertiary/aromatic N) is 2. The molecule has 1 aliphatic heterocycles. The number of hydrogen-bond donors (Lipinski definition) is 1. The number of rotatable bonds is 5. The largest absolute Gasteiger partial charge is 0.351 e. The number of thiophene rings is 1. The monoisotopic (exact) mass is 315 g/mol. The van der Waals surface area contributed by atoms with Gasteiger partial charge in [-0.15, -0.1) is 0 Å². The third-order valence-electron chi connectivity index (χ3n) is 4.02. The minimum Gasteiger partial charge on any atom is -0.351 e. The van der Waals surface area contributed by atoms with Crippen molar-refractivity contribution in [1.29, 1.82) is 0 Å². The van der Waals surface area contributed by atoms with Crippen molar-refractivity contribution in [2.75, 3.05) is 6.54 Å². The number of carbonyl (C=O) groups excluding carboxylic acids is 1. The molecule has 3 rings (SSSR count). The summed E-state index contributed by atoms with van der Waals surface area (Å²) in [7, 11) is 0. The Hall–Kier alpha value is -1.72. The van der Waals surface area contributed by atoms with Gasteiger partial charge in [-0.05, 0) is 53.9 Å². The van der Waals surface area contributed by atoms with Gasteiger partial charge in [0.1, 0.15) is 0 Å². The lowest BCUT2D eigenvalue weighted by Gasteiger charge is -2.24. The molecule has 1 fully saturated rings. The molecular weight excluding hydrogens is 294 g/mol. The van der Waals surface area contributed by atoms with E-state index in [1.807, 2.05) is 12.1 Å². The number of hydrogen-bond acceptors (Lipinski definition) is 4. The van der Waals surface area contributed by atoms with Gasteiger partial charge in [0.15, 0.2) is 0 Å². The molecule has 0 aliphatic carbocycles. The highest BCUT2D eigenvalue weighted by Crippen LogP contribution is 2.32. The van der Waals surface area contributed by atoms with E-state index in [4.69, 9.17) is 4.98 Å². The van der Waals surface area contributed by atoms with E-state index in [2.05, 4.69) is 33.1 Å². The van der Waals surface area contributed by atoms with Gasteiger partial charge in [0.2, 0.25) is 5.91 Å². The highest BCUT2D eigenvalue weighted by Gasteiger charge is 2.27. The molecule has 22 heavy (non-hydrogen) atoms. The molecule has 4 nitrogen and oxygen atoms in total. The molecule has 5 heteroatoms. The van der Waals surface area contributed by atoms with Crippen molar-refractivity contribution in [2.24, 2.45) is 0 Å². The first kappa shape index (κ1) is 15.2. The minimum absolute atomic E-state index is 0.0212. The number of carbonyl (C=O) groups is 1. The van der Waals surface area contributed by atoms with Crippen LogP contribution < -0.4 is 5.32 Å². The van der Waals surface area contributed by atoms with E-state index in [-0.39, 0.29) is 5.91 Å². The highest BCUT2D eigenvalue weighted by molar-refractivity contribution is 7.07. The maximum Gasteiger partial charge on any atom is 0.217 e. The molecule has 0 bridgehead atoms. The van der Waals surface area contributed by atoms with Crippen LogP contribution in [0.25, 0.3) is 0 Å². The van der Waals surface area contributed by atoms with Crippen LogP contribution in [0.5, 0.6) is 0 Å². The third kappa shape index (κ3) is 3.72. The molecule has 0 unspecified atom stereocenters. The molecular formula is C17H21N3OS. The van der Waals surface area contributed by atoms with Gasteiger partial charge in [0.25, 0.3) is 0 Å². The van der Waals surface area contributed by atoms with Crippen molar-refractivity contribution in [3.05, 3.63) is 52.0 Å². The maximum atomic E-state index is 11.0. The first-order chi connectivity index (χ1) is 10.7. The molecule has 2 aromatic heterocycles. The Morgan fingerprint density at radius 2 is 2.36 bits per heavy atom. The Labute approximate surface area is 135 Å².